The largest absolute Gasteiger partial charge is 0.468 e. The Labute approximate surface area is 145 Å². The van der Waals surface area contributed by atoms with E-state index in [2.05, 4.69) is 4.90 Å². The highest BCUT2D eigenvalue weighted by molar-refractivity contribution is 7.92. The molecule has 1 aromatic carbocycles. The van der Waals surface area contributed by atoms with Crippen LogP contribution in [0.25, 0.3) is 11.3 Å². The molecule has 5 rings (SSSR count). The molecule has 2 unspecified atom stereocenters. The summed E-state index contributed by atoms with van der Waals surface area (Å²) in [6.45, 7) is 1.90. The number of rotatable bonds is 3. The lowest BCUT2D eigenvalue weighted by atomic mass is 9.96. The molecule has 5 nitrogen and oxygen atoms in total. The summed E-state index contributed by atoms with van der Waals surface area (Å²) in [4.78, 5) is 2.64. The quantitative estimate of drug-likeness (QED) is 0.721. The second-order valence-corrected chi connectivity index (χ2v) is 8.83. The van der Waals surface area contributed by atoms with Gasteiger partial charge in [-0.15, -0.1) is 0 Å². The molecule has 0 amide bonds. The van der Waals surface area contributed by atoms with Gasteiger partial charge in [-0.3, -0.25) is 4.90 Å². The van der Waals surface area contributed by atoms with Crippen molar-refractivity contribution in [1.29, 1.82) is 0 Å². The molecule has 2 aliphatic heterocycles. The molecule has 25 heavy (non-hydrogen) atoms. The van der Waals surface area contributed by atoms with Crippen molar-refractivity contribution in [3.05, 3.63) is 66.3 Å². The molecule has 1 saturated heterocycles. The average molecular weight is 355 g/mol. The highest BCUT2D eigenvalue weighted by atomic mass is 32.2. The minimum atomic E-state index is -3.28. The van der Waals surface area contributed by atoms with Crippen molar-refractivity contribution >= 4 is 9.84 Å². The van der Waals surface area contributed by atoms with Crippen LogP contribution in [-0.4, -0.2) is 31.7 Å². The van der Waals surface area contributed by atoms with E-state index in [1.54, 1.807) is 18.6 Å². The minimum Gasteiger partial charge on any atom is -0.468 e. The van der Waals surface area contributed by atoms with Crippen molar-refractivity contribution in [2.75, 3.05) is 13.1 Å². The molecule has 0 N–H and O–H groups in total. The van der Waals surface area contributed by atoms with E-state index in [4.69, 9.17) is 8.83 Å². The number of sulfone groups is 1. The number of likely N-dealkylation sites (tertiary alicyclic amines) is 1. The Balaban J connectivity index is 1.51. The third-order valence-electron chi connectivity index (χ3n) is 5.22. The summed E-state index contributed by atoms with van der Waals surface area (Å²) in [5, 5.41) is -0.371. The fourth-order valence-electron chi connectivity index (χ4n) is 4.07. The van der Waals surface area contributed by atoms with Crippen LogP contribution in [0.3, 0.4) is 0 Å². The van der Waals surface area contributed by atoms with Gasteiger partial charge in [-0.05, 0) is 48.0 Å². The van der Waals surface area contributed by atoms with Crippen LogP contribution in [0.5, 0.6) is 0 Å². The van der Waals surface area contributed by atoms with Gasteiger partial charge in [0.2, 0.25) is 0 Å². The van der Waals surface area contributed by atoms with Gasteiger partial charge >= 0.3 is 0 Å². The van der Waals surface area contributed by atoms with Crippen LogP contribution >= 0.6 is 0 Å². The SMILES string of the molecule is O=S1(=O)c2ccc(-c3ccco3)cc2C2CN(Cc3ccco3)CC21. The lowest BCUT2D eigenvalue weighted by Gasteiger charge is -2.15. The monoisotopic (exact) mass is 355 g/mol. The Bertz CT molecular complexity index is 1010. The van der Waals surface area contributed by atoms with E-state index >= 15 is 0 Å². The van der Waals surface area contributed by atoms with Gasteiger partial charge in [0.15, 0.2) is 9.84 Å². The van der Waals surface area contributed by atoms with Crippen molar-refractivity contribution < 1.29 is 17.3 Å². The Morgan fingerprint density at radius 3 is 2.64 bits per heavy atom. The van der Waals surface area contributed by atoms with E-state index in [-0.39, 0.29) is 11.2 Å². The zero-order chi connectivity index (χ0) is 17.0. The minimum absolute atomic E-state index is 0.00451. The van der Waals surface area contributed by atoms with E-state index in [1.807, 2.05) is 36.4 Å². The number of fused-ring (bicyclic) bond motifs is 3. The van der Waals surface area contributed by atoms with E-state index in [0.717, 1.165) is 29.2 Å². The number of hydrogen-bond acceptors (Lipinski definition) is 5. The van der Waals surface area contributed by atoms with Gasteiger partial charge in [0.1, 0.15) is 11.5 Å². The Morgan fingerprint density at radius 1 is 1.04 bits per heavy atom. The van der Waals surface area contributed by atoms with Gasteiger partial charge in [-0.2, -0.15) is 0 Å². The number of furan rings is 2. The lowest BCUT2D eigenvalue weighted by Crippen LogP contribution is -2.25. The molecule has 6 heteroatoms. The topological polar surface area (TPSA) is 63.7 Å². The first kappa shape index (κ1) is 15.0. The van der Waals surface area contributed by atoms with E-state index in [1.165, 1.54) is 0 Å². The highest BCUT2D eigenvalue weighted by Crippen LogP contribution is 2.46. The maximum absolute atomic E-state index is 12.9. The molecule has 0 aliphatic carbocycles. The van der Waals surface area contributed by atoms with Crippen LogP contribution < -0.4 is 0 Å². The summed E-state index contributed by atoms with van der Waals surface area (Å²) in [5.74, 6) is 1.63. The van der Waals surface area contributed by atoms with Crippen LogP contribution in [0.1, 0.15) is 17.2 Å². The van der Waals surface area contributed by atoms with Gasteiger partial charge in [0.05, 0.1) is 29.2 Å². The standard InChI is InChI=1S/C19H17NO4S/c21-25(22)18-6-5-13(17-4-2-8-24-17)9-15(18)16-11-20(12-19(16)25)10-14-3-1-7-23-14/h1-9,16,19H,10-12H2. The predicted molar refractivity (Wildman–Crippen MR) is 91.8 cm³/mol. The van der Waals surface area contributed by atoms with Gasteiger partial charge < -0.3 is 8.83 Å². The zero-order valence-electron chi connectivity index (χ0n) is 13.5. The molecule has 0 spiro atoms. The summed E-state index contributed by atoms with van der Waals surface area (Å²) in [6.07, 6.45) is 3.27. The van der Waals surface area contributed by atoms with Crippen LogP contribution in [0, 0.1) is 0 Å². The summed E-state index contributed by atoms with van der Waals surface area (Å²) >= 11 is 0. The third kappa shape index (κ3) is 2.28. The van der Waals surface area contributed by atoms with E-state index < -0.39 is 9.84 Å². The number of benzene rings is 1. The summed E-state index contributed by atoms with van der Waals surface area (Å²) in [5.41, 5.74) is 1.84. The van der Waals surface area contributed by atoms with Crippen LogP contribution in [0.2, 0.25) is 0 Å². The van der Waals surface area contributed by atoms with Crippen molar-refractivity contribution in [2.45, 2.75) is 22.6 Å². The summed E-state index contributed by atoms with van der Waals surface area (Å²) < 4.78 is 36.7. The second-order valence-electron chi connectivity index (χ2n) is 6.69. The van der Waals surface area contributed by atoms with Crippen LogP contribution in [0.15, 0.2) is 68.7 Å². The molecule has 1 fully saturated rings. The first-order chi connectivity index (χ1) is 12.1. The predicted octanol–water partition coefficient (Wildman–Crippen LogP) is 3.29. The fourth-order valence-corrected chi connectivity index (χ4v) is 6.27. The van der Waals surface area contributed by atoms with Crippen molar-refractivity contribution in [3.8, 4) is 11.3 Å². The molecule has 128 valence electrons. The summed E-state index contributed by atoms with van der Waals surface area (Å²) in [7, 11) is -3.28. The molecular formula is C19H17NO4S. The lowest BCUT2D eigenvalue weighted by molar-refractivity contribution is 0.293. The Morgan fingerprint density at radius 2 is 1.88 bits per heavy atom. The van der Waals surface area contributed by atoms with Crippen molar-refractivity contribution in [1.82, 2.24) is 4.90 Å². The smallest absolute Gasteiger partial charge is 0.183 e. The first-order valence-corrected chi connectivity index (χ1v) is 9.84. The third-order valence-corrected chi connectivity index (χ3v) is 7.48. The molecule has 4 heterocycles. The molecule has 0 bridgehead atoms. The maximum atomic E-state index is 12.9. The van der Waals surface area contributed by atoms with Gasteiger partial charge in [0, 0.05) is 24.6 Å². The Hall–Kier alpha value is -2.31. The molecule has 0 radical (unpaired) electrons. The normalized spacial score (nSPS) is 24.3. The Kier molecular flexibility index (Phi) is 3.20. The van der Waals surface area contributed by atoms with Crippen molar-refractivity contribution in [2.24, 2.45) is 0 Å². The van der Waals surface area contributed by atoms with E-state index in [9.17, 15) is 8.42 Å². The summed E-state index contributed by atoms with van der Waals surface area (Å²) in [6, 6.07) is 13.0. The maximum Gasteiger partial charge on any atom is 0.183 e. The molecule has 2 aromatic heterocycles. The zero-order valence-corrected chi connectivity index (χ0v) is 14.3. The molecule has 2 aliphatic rings. The van der Waals surface area contributed by atoms with Crippen LogP contribution in [0.4, 0.5) is 0 Å². The molecule has 2 atom stereocenters. The first-order valence-electron chi connectivity index (χ1n) is 8.29. The van der Waals surface area contributed by atoms with Crippen molar-refractivity contribution in [3.63, 3.8) is 0 Å². The van der Waals surface area contributed by atoms with E-state index in [0.29, 0.717) is 18.0 Å². The van der Waals surface area contributed by atoms with Gasteiger partial charge in [0.25, 0.3) is 0 Å². The average Bonchev–Trinajstić information content (AvgIpc) is 3.37. The number of nitrogens with zero attached hydrogens (tertiary/aromatic N) is 1. The van der Waals surface area contributed by atoms with Gasteiger partial charge in [-0.1, -0.05) is 0 Å². The molecular weight excluding hydrogens is 338 g/mol. The van der Waals surface area contributed by atoms with Crippen LogP contribution in [-0.2, 0) is 16.4 Å². The second kappa shape index (κ2) is 5.34. The molecule has 3 aromatic rings. The van der Waals surface area contributed by atoms with Gasteiger partial charge in [-0.25, -0.2) is 8.42 Å². The highest BCUT2D eigenvalue weighted by Gasteiger charge is 2.50. The number of hydrogen-bond donors (Lipinski definition) is 0. The fraction of sp³-hybridized carbons (Fsp3) is 0.263. The molecule has 0 saturated carbocycles.